The summed E-state index contributed by atoms with van der Waals surface area (Å²) in [7, 11) is 1.60. The van der Waals surface area contributed by atoms with Gasteiger partial charge in [0.05, 0.1) is 7.11 Å². The quantitative estimate of drug-likeness (QED) is 0.800. The van der Waals surface area contributed by atoms with Gasteiger partial charge in [0, 0.05) is 18.0 Å². The zero-order chi connectivity index (χ0) is 17.9. The normalized spacial score (nSPS) is 21.3. The monoisotopic (exact) mass is 348 g/mol. The molecule has 1 aromatic rings. The number of hydrogen-bond donors (Lipinski definition) is 2. The molecule has 5 nitrogen and oxygen atoms in total. The minimum atomic E-state index is -0.131. The molecular formula is C18H24N2O3S. The highest BCUT2D eigenvalue weighted by atomic mass is 32.1. The molecule has 0 heterocycles. The number of Topliss-reactive ketones (excluding diaryl/α,β-unsaturated/α-hetero) is 1. The second kappa shape index (κ2) is 7.30. The van der Waals surface area contributed by atoms with Crippen LogP contribution in [0.25, 0.3) is 0 Å². The lowest BCUT2D eigenvalue weighted by molar-refractivity contribution is -0.140. The van der Waals surface area contributed by atoms with Crippen LogP contribution < -0.4 is 15.4 Å². The van der Waals surface area contributed by atoms with Crippen LogP contribution in [0.1, 0.15) is 33.6 Å². The highest BCUT2D eigenvalue weighted by Gasteiger charge is 2.50. The Morgan fingerprint density at radius 2 is 1.92 bits per heavy atom. The summed E-state index contributed by atoms with van der Waals surface area (Å²) in [4.78, 5) is 23.7. The van der Waals surface area contributed by atoms with E-state index in [1.807, 2.05) is 24.3 Å². The van der Waals surface area contributed by atoms with Crippen LogP contribution >= 0.6 is 12.2 Å². The molecule has 0 bridgehead atoms. The Labute approximate surface area is 148 Å². The second-order valence-corrected chi connectivity index (χ2v) is 7.26. The zero-order valence-corrected chi connectivity index (χ0v) is 15.3. The molecule has 0 spiro atoms. The molecular weight excluding hydrogens is 324 g/mol. The largest absolute Gasteiger partial charge is 0.497 e. The molecule has 1 aliphatic rings. The van der Waals surface area contributed by atoms with Crippen molar-refractivity contribution in [3.63, 3.8) is 0 Å². The lowest BCUT2D eigenvalue weighted by atomic mass is 9.52. The zero-order valence-electron chi connectivity index (χ0n) is 14.5. The highest BCUT2D eigenvalue weighted by molar-refractivity contribution is 7.80. The van der Waals surface area contributed by atoms with E-state index in [0.717, 1.165) is 17.9 Å². The molecule has 2 atom stereocenters. The summed E-state index contributed by atoms with van der Waals surface area (Å²) in [6, 6.07) is 7.27. The Hall–Kier alpha value is -1.95. The van der Waals surface area contributed by atoms with Crippen molar-refractivity contribution in [3.05, 3.63) is 24.3 Å². The number of amides is 1. The van der Waals surface area contributed by atoms with E-state index in [4.69, 9.17) is 17.0 Å². The van der Waals surface area contributed by atoms with Gasteiger partial charge in [-0.15, -0.1) is 0 Å². The van der Waals surface area contributed by atoms with Crippen LogP contribution in [0.2, 0.25) is 0 Å². The smallest absolute Gasteiger partial charge is 0.226 e. The van der Waals surface area contributed by atoms with Gasteiger partial charge in [-0.25, -0.2) is 0 Å². The number of benzene rings is 1. The fourth-order valence-electron chi connectivity index (χ4n) is 3.29. The van der Waals surface area contributed by atoms with Gasteiger partial charge < -0.3 is 15.4 Å². The topological polar surface area (TPSA) is 67.4 Å². The van der Waals surface area contributed by atoms with Gasteiger partial charge in [-0.2, -0.15) is 0 Å². The molecule has 2 rings (SSSR count). The van der Waals surface area contributed by atoms with Crippen LogP contribution in [-0.4, -0.2) is 23.9 Å². The standard InChI is InChI=1S/C18H24N2O3S/c1-11(21)15-9-12(18(15,2)3)10-16(22)20-17(24)19-13-5-7-14(23-4)8-6-13/h5-8,12,15H,9-10H2,1-4H3,(H2,19,20,22,24)/t12-,15-/m1/s1. The summed E-state index contributed by atoms with van der Waals surface area (Å²) in [5.74, 6) is 1.09. The van der Waals surface area contributed by atoms with Crippen molar-refractivity contribution in [2.45, 2.75) is 33.6 Å². The van der Waals surface area contributed by atoms with Crippen molar-refractivity contribution in [1.29, 1.82) is 0 Å². The minimum absolute atomic E-state index is 0.0553. The van der Waals surface area contributed by atoms with E-state index >= 15 is 0 Å². The van der Waals surface area contributed by atoms with Crippen LogP contribution in [0.4, 0.5) is 5.69 Å². The molecule has 0 saturated heterocycles. The molecule has 0 aromatic heterocycles. The summed E-state index contributed by atoms with van der Waals surface area (Å²) < 4.78 is 5.09. The second-order valence-electron chi connectivity index (χ2n) is 6.85. The first-order valence-electron chi connectivity index (χ1n) is 7.99. The maximum Gasteiger partial charge on any atom is 0.226 e. The third-order valence-corrected chi connectivity index (χ3v) is 5.20. The van der Waals surface area contributed by atoms with E-state index in [1.165, 1.54) is 0 Å². The Bertz CT molecular complexity index is 640. The van der Waals surface area contributed by atoms with Crippen molar-refractivity contribution in [2.75, 3.05) is 12.4 Å². The first-order valence-corrected chi connectivity index (χ1v) is 8.40. The summed E-state index contributed by atoms with van der Waals surface area (Å²) in [5, 5.41) is 5.94. The first-order chi connectivity index (χ1) is 11.2. The number of carbonyl (C=O) groups is 2. The lowest BCUT2D eigenvalue weighted by Crippen LogP contribution is -2.50. The fraction of sp³-hybridized carbons (Fsp3) is 0.500. The predicted octanol–water partition coefficient (Wildman–Crippen LogP) is 3.15. The number of rotatable bonds is 5. The van der Waals surface area contributed by atoms with Gasteiger partial charge in [-0.05, 0) is 61.2 Å². The number of anilines is 1. The number of ether oxygens (including phenoxy) is 1. The number of hydrogen-bond acceptors (Lipinski definition) is 4. The van der Waals surface area contributed by atoms with Crippen LogP contribution in [0.5, 0.6) is 5.75 Å². The number of ketones is 1. The summed E-state index contributed by atoms with van der Waals surface area (Å²) in [6.45, 7) is 5.72. The molecule has 0 unspecified atom stereocenters. The Balaban J connectivity index is 1.82. The summed E-state index contributed by atoms with van der Waals surface area (Å²) >= 11 is 5.17. The summed E-state index contributed by atoms with van der Waals surface area (Å²) in [5.41, 5.74) is 0.649. The van der Waals surface area contributed by atoms with Gasteiger partial charge in [0.15, 0.2) is 5.11 Å². The molecule has 1 fully saturated rings. The number of methoxy groups -OCH3 is 1. The molecule has 6 heteroatoms. The third kappa shape index (κ3) is 4.12. The van der Waals surface area contributed by atoms with Gasteiger partial charge in [-0.3, -0.25) is 9.59 Å². The SMILES string of the molecule is COc1ccc(NC(=S)NC(=O)C[C@H]2C[C@H](C(C)=O)C2(C)C)cc1. The van der Waals surface area contributed by atoms with Gasteiger partial charge in [0.25, 0.3) is 0 Å². The Kier molecular flexibility index (Phi) is 5.59. The number of carbonyl (C=O) groups excluding carboxylic acids is 2. The van der Waals surface area contributed by atoms with E-state index in [0.29, 0.717) is 6.42 Å². The van der Waals surface area contributed by atoms with Crippen molar-refractivity contribution in [2.24, 2.45) is 17.3 Å². The lowest BCUT2D eigenvalue weighted by Gasteiger charge is -2.51. The van der Waals surface area contributed by atoms with E-state index in [9.17, 15) is 9.59 Å². The van der Waals surface area contributed by atoms with Crippen LogP contribution in [0.15, 0.2) is 24.3 Å². The van der Waals surface area contributed by atoms with Gasteiger partial charge in [0.2, 0.25) is 5.91 Å². The van der Waals surface area contributed by atoms with Gasteiger partial charge in [-0.1, -0.05) is 13.8 Å². The molecule has 1 saturated carbocycles. The van der Waals surface area contributed by atoms with Gasteiger partial charge in [0.1, 0.15) is 11.5 Å². The van der Waals surface area contributed by atoms with Crippen LogP contribution in [0.3, 0.4) is 0 Å². The Morgan fingerprint density at radius 1 is 1.29 bits per heavy atom. The van der Waals surface area contributed by atoms with Crippen LogP contribution in [-0.2, 0) is 9.59 Å². The fourth-order valence-corrected chi connectivity index (χ4v) is 3.52. The highest BCUT2D eigenvalue weighted by Crippen LogP contribution is 2.53. The van der Waals surface area contributed by atoms with E-state index in [-0.39, 0.29) is 34.1 Å². The van der Waals surface area contributed by atoms with E-state index < -0.39 is 0 Å². The molecule has 24 heavy (non-hydrogen) atoms. The molecule has 1 aliphatic carbocycles. The predicted molar refractivity (Wildman–Crippen MR) is 98.0 cm³/mol. The molecule has 1 aromatic carbocycles. The molecule has 130 valence electrons. The number of thiocarbonyl (C=S) groups is 1. The third-order valence-electron chi connectivity index (χ3n) is 4.99. The summed E-state index contributed by atoms with van der Waals surface area (Å²) in [6.07, 6.45) is 1.15. The average Bonchev–Trinajstić information content (AvgIpc) is 2.51. The maximum atomic E-state index is 12.2. The van der Waals surface area contributed by atoms with E-state index in [2.05, 4.69) is 24.5 Å². The molecule has 0 radical (unpaired) electrons. The van der Waals surface area contributed by atoms with Crippen molar-refractivity contribution in [3.8, 4) is 5.75 Å². The van der Waals surface area contributed by atoms with E-state index in [1.54, 1.807) is 14.0 Å². The molecule has 2 N–H and O–H groups in total. The van der Waals surface area contributed by atoms with Crippen molar-refractivity contribution in [1.82, 2.24) is 5.32 Å². The van der Waals surface area contributed by atoms with Crippen LogP contribution in [0, 0.1) is 17.3 Å². The first kappa shape index (κ1) is 18.4. The average molecular weight is 348 g/mol. The van der Waals surface area contributed by atoms with Crippen molar-refractivity contribution >= 4 is 34.7 Å². The molecule has 1 amide bonds. The van der Waals surface area contributed by atoms with Crippen molar-refractivity contribution < 1.29 is 14.3 Å². The maximum absolute atomic E-state index is 12.2. The Morgan fingerprint density at radius 3 is 2.42 bits per heavy atom. The number of nitrogens with one attached hydrogen (secondary N) is 2. The minimum Gasteiger partial charge on any atom is -0.497 e. The van der Waals surface area contributed by atoms with Gasteiger partial charge >= 0.3 is 0 Å². The molecule has 0 aliphatic heterocycles.